The van der Waals surface area contributed by atoms with Crippen molar-refractivity contribution in [3.8, 4) is 0 Å². The Morgan fingerprint density at radius 1 is 0.958 bits per heavy atom. The fourth-order valence-corrected chi connectivity index (χ4v) is 1.60. The van der Waals surface area contributed by atoms with Crippen LogP contribution < -0.4 is 5.32 Å². The first kappa shape index (κ1) is 21.8. The quantitative estimate of drug-likeness (QED) is 0.406. The van der Waals surface area contributed by atoms with Gasteiger partial charge in [-0.1, -0.05) is 0 Å². The molecule has 0 bridgehead atoms. The van der Waals surface area contributed by atoms with Crippen LogP contribution in [0.3, 0.4) is 0 Å². The van der Waals surface area contributed by atoms with Crippen molar-refractivity contribution < 1.29 is 43.2 Å². The van der Waals surface area contributed by atoms with Gasteiger partial charge < -0.3 is 29.4 Å². The minimum absolute atomic E-state index is 0.148. The van der Waals surface area contributed by atoms with Crippen molar-refractivity contribution in [3.05, 3.63) is 0 Å². The molecule has 0 aromatic rings. The summed E-state index contributed by atoms with van der Waals surface area (Å²) >= 11 is 0. The number of aliphatic hydroxyl groups excluding tert-OH is 1. The molecule has 3 unspecified atom stereocenters. The zero-order chi connectivity index (χ0) is 18.9. The Kier molecular flexibility index (Phi) is 9.58. The van der Waals surface area contributed by atoms with Gasteiger partial charge in [0.15, 0.2) is 12.3 Å². The normalized spacial score (nSPS) is 14.3. The lowest BCUT2D eigenvalue weighted by atomic mass is 10.2. The molecule has 24 heavy (non-hydrogen) atoms. The van der Waals surface area contributed by atoms with Gasteiger partial charge in [-0.25, -0.2) is 0 Å². The zero-order valence-electron chi connectivity index (χ0n) is 14.2. The highest BCUT2D eigenvalue weighted by molar-refractivity contribution is 5.73. The SMILES string of the molecule is CC(=O)NC(C(O)OC(C)COC(C)=O)C(OC(C)=O)OC(C)=O. The first-order valence-electron chi connectivity index (χ1n) is 7.11. The topological polar surface area (TPSA) is 137 Å². The van der Waals surface area contributed by atoms with Gasteiger partial charge in [0.1, 0.15) is 6.61 Å². The Hall–Kier alpha value is -2.20. The van der Waals surface area contributed by atoms with Crippen LogP contribution in [0, 0.1) is 0 Å². The lowest BCUT2D eigenvalue weighted by molar-refractivity contribution is -0.225. The summed E-state index contributed by atoms with van der Waals surface area (Å²) in [5.41, 5.74) is 0. The van der Waals surface area contributed by atoms with Crippen molar-refractivity contribution in [2.45, 2.75) is 59.3 Å². The van der Waals surface area contributed by atoms with Crippen molar-refractivity contribution in [2.24, 2.45) is 0 Å². The lowest BCUT2D eigenvalue weighted by Gasteiger charge is -2.31. The van der Waals surface area contributed by atoms with Crippen LogP contribution in [0.1, 0.15) is 34.6 Å². The zero-order valence-corrected chi connectivity index (χ0v) is 14.2. The summed E-state index contributed by atoms with van der Waals surface area (Å²) in [5, 5.41) is 12.4. The molecule has 10 heteroatoms. The van der Waals surface area contributed by atoms with Gasteiger partial charge in [-0.05, 0) is 6.92 Å². The van der Waals surface area contributed by atoms with Crippen LogP contribution in [0.25, 0.3) is 0 Å². The molecule has 0 aliphatic heterocycles. The Morgan fingerprint density at radius 2 is 1.46 bits per heavy atom. The second kappa shape index (κ2) is 10.6. The molecule has 2 N–H and O–H groups in total. The number of aliphatic hydroxyl groups is 1. The highest BCUT2D eigenvalue weighted by Gasteiger charge is 2.36. The molecule has 0 aliphatic carbocycles. The van der Waals surface area contributed by atoms with Gasteiger partial charge in [-0.2, -0.15) is 0 Å². The van der Waals surface area contributed by atoms with Crippen LogP contribution in [0.5, 0.6) is 0 Å². The number of amides is 1. The number of esters is 3. The van der Waals surface area contributed by atoms with E-state index in [1.165, 1.54) is 13.8 Å². The number of rotatable bonds is 9. The van der Waals surface area contributed by atoms with Crippen LogP contribution in [0.4, 0.5) is 0 Å². The Labute approximate surface area is 139 Å². The molecule has 138 valence electrons. The van der Waals surface area contributed by atoms with Crippen molar-refractivity contribution in [3.63, 3.8) is 0 Å². The van der Waals surface area contributed by atoms with Crippen LogP contribution >= 0.6 is 0 Å². The predicted molar refractivity (Wildman–Crippen MR) is 78.1 cm³/mol. The molecule has 0 saturated carbocycles. The van der Waals surface area contributed by atoms with Crippen LogP contribution in [-0.2, 0) is 38.1 Å². The largest absolute Gasteiger partial charge is 0.463 e. The minimum atomic E-state index is -1.71. The van der Waals surface area contributed by atoms with Crippen molar-refractivity contribution >= 4 is 23.8 Å². The monoisotopic (exact) mass is 349 g/mol. The highest BCUT2D eigenvalue weighted by Crippen LogP contribution is 2.11. The molecule has 0 aromatic carbocycles. The molecule has 0 fully saturated rings. The Bertz CT molecular complexity index is 449. The first-order valence-corrected chi connectivity index (χ1v) is 7.11. The van der Waals surface area contributed by atoms with E-state index >= 15 is 0 Å². The summed E-state index contributed by atoms with van der Waals surface area (Å²) in [4.78, 5) is 44.3. The van der Waals surface area contributed by atoms with E-state index in [2.05, 4.69) is 5.32 Å². The van der Waals surface area contributed by atoms with Crippen molar-refractivity contribution in [1.82, 2.24) is 5.32 Å². The summed E-state index contributed by atoms with van der Waals surface area (Å²) in [5.74, 6) is -2.70. The third-order valence-corrected chi connectivity index (χ3v) is 2.43. The summed E-state index contributed by atoms with van der Waals surface area (Å²) in [6.45, 7) is 5.85. The standard InChI is InChI=1S/C14H23NO9/c1-7(6-21-9(3)17)22-13(20)12(15-8(2)16)14(23-10(4)18)24-11(5)19/h7,12-14,20H,6H2,1-5H3,(H,15,16). The molecule has 0 spiro atoms. The van der Waals surface area contributed by atoms with Gasteiger partial charge >= 0.3 is 17.9 Å². The van der Waals surface area contributed by atoms with Crippen molar-refractivity contribution in [1.29, 1.82) is 0 Å². The fourth-order valence-electron chi connectivity index (χ4n) is 1.60. The molecule has 0 heterocycles. The van der Waals surface area contributed by atoms with E-state index in [0.29, 0.717) is 0 Å². The van der Waals surface area contributed by atoms with E-state index in [9.17, 15) is 24.3 Å². The number of carbonyl (C=O) groups excluding carboxylic acids is 4. The molecule has 3 atom stereocenters. The van der Waals surface area contributed by atoms with E-state index in [-0.39, 0.29) is 6.61 Å². The second-order valence-corrected chi connectivity index (χ2v) is 4.95. The van der Waals surface area contributed by atoms with Gasteiger partial charge in [-0.15, -0.1) is 0 Å². The third kappa shape index (κ3) is 9.74. The predicted octanol–water partition coefficient (Wildman–Crippen LogP) is -0.770. The summed E-state index contributed by atoms with van der Waals surface area (Å²) in [6.07, 6.45) is -4.04. The maximum absolute atomic E-state index is 11.3. The first-order chi connectivity index (χ1) is 11.0. The molecule has 10 nitrogen and oxygen atoms in total. The van der Waals surface area contributed by atoms with Crippen LogP contribution in [0.2, 0.25) is 0 Å². The molecular formula is C14H23NO9. The number of carbonyl (C=O) groups is 4. The van der Waals surface area contributed by atoms with Crippen LogP contribution in [-0.4, -0.2) is 60.3 Å². The molecule has 0 radical (unpaired) electrons. The van der Waals surface area contributed by atoms with Gasteiger partial charge in [-0.3, -0.25) is 19.2 Å². The number of hydrogen-bond acceptors (Lipinski definition) is 9. The Balaban J connectivity index is 5.08. The maximum atomic E-state index is 11.3. The highest BCUT2D eigenvalue weighted by atomic mass is 16.7. The van der Waals surface area contributed by atoms with Gasteiger partial charge in [0, 0.05) is 27.7 Å². The van der Waals surface area contributed by atoms with E-state index in [4.69, 9.17) is 18.9 Å². The average molecular weight is 349 g/mol. The van der Waals surface area contributed by atoms with E-state index < -0.39 is 48.5 Å². The van der Waals surface area contributed by atoms with Gasteiger partial charge in [0.25, 0.3) is 6.29 Å². The minimum Gasteiger partial charge on any atom is -0.463 e. The number of ether oxygens (including phenoxy) is 4. The number of hydrogen-bond donors (Lipinski definition) is 2. The number of nitrogens with one attached hydrogen (secondary N) is 1. The lowest BCUT2D eigenvalue weighted by Crippen LogP contribution is -2.54. The Morgan fingerprint density at radius 3 is 1.83 bits per heavy atom. The summed E-state index contributed by atoms with van der Waals surface area (Å²) < 4.78 is 19.5. The molecular weight excluding hydrogens is 326 g/mol. The molecule has 0 rings (SSSR count). The van der Waals surface area contributed by atoms with E-state index in [0.717, 1.165) is 20.8 Å². The smallest absolute Gasteiger partial charge is 0.305 e. The van der Waals surface area contributed by atoms with Gasteiger partial charge in [0.2, 0.25) is 5.91 Å². The fraction of sp³-hybridized carbons (Fsp3) is 0.714. The van der Waals surface area contributed by atoms with E-state index in [1.54, 1.807) is 0 Å². The maximum Gasteiger partial charge on any atom is 0.305 e. The van der Waals surface area contributed by atoms with E-state index in [1.807, 2.05) is 0 Å². The van der Waals surface area contributed by atoms with Gasteiger partial charge in [0.05, 0.1) is 6.10 Å². The van der Waals surface area contributed by atoms with Crippen molar-refractivity contribution in [2.75, 3.05) is 6.61 Å². The molecule has 0 saturated heterocycles. The third-order valence-electron chi connectivity index (χ3n) is 2.43. The summed E-state index contributed by atoms with van der Waals surface area (Å²) in [7, 11) is 0. The average Bonchev–Trinajstić information content (AvgIpc) is 2.40. The molecule has 0 aliphatic rings. The molecule has 0 aromatic heterocycles. The summed E-state index contributed by atoms with van der Waals surface area (Å²) in [6, 6.07) is -1.38. The van der Waals surface area contributed by atoms with Crippen LogP contribution in [0.15, 0.2) is 0 Å². The molecule has 1 amide bonds. The second-order valence-electron chi connectivity index (χ2n) is 4.95.